The molecule has 0 radical (unpaired) electrons. The minimum Gasteiger partial charge on any atom is -0.465 e. The molecule has 2 rings (SSSR count). The number of esters is 2. The number of methoxy groups -OCH3 is 2. The number of carbonyl (C=O) groups excluding carboxylic acids is 2. The molecule has 2 aromatic carbocycles. The normalized spacial score (nSPS) is 10.6. The van der Waals surface area contributed by atoms with Gasteiger partial charge in [-0.1, -0.05) is 46.4 Å². The van der Waals surface area contributed by atoms with Crippen LogP contribution in [0.1, 0.15) is 20.7 Å². The van der Waals surface area contributed by atoms with Crippen LogP contribution in [-0.4, -0.2) is 26.2 Å². The zero-order chi connectivity index (χ0) is 16.6. The Labute approximate surface area is 145 Å². The molecule has 8 heteroatoms. The van der Waals surface area contributed by atoms with E-state index in [1.54, 1.807) is 0 Å². The first kappa shape index (κ1) is 17.2. The van der Waals surface area contributed by atoms with Gasteiger partial charge in [-0.25, -0.2) is 9.59 Å². The average Bonchev–Trinajstić information content (AvgIpc) is 2.51. The summed E-state index contributed by atoms with van der Waals surface area (Å²) >= 11 is 24.7. The zero-order valence-electron chi connectivity index (χ0n) is 11.3. The molecule has 0 aromatic heterocycles. The molecular weight excluding hydrogens is 374 g/mol. The number of benzene rings is 2. The molecule has 22 heavy (non-hydrogen) atoms. The number of rotatable bonds is 2. The van der Waals surface area contributed by atoms with Crippen LogP contribution in [0.15, 0.2) is 12.1 Å². The quantitative estimate of drug-likeness (QED) is 0.684. The Bertz CT molecular complexity index is 788. The predicted molar refractivity (Wildman–Crippen MR) is 86.7 cm³/mol. The Morgan fingerprint density at radius 1 is 0.818 bits per heavy atom. The fraction of sp³-hybridized carbons (Fsp3) is 0.143. The molecule has 2 aromatic rings. The molecule has 0 heterocycles. The second-order valence-corrected chi connectivity index (χ2v) is 5.72. The summed E-state index contributed by atoms with van der Waals surface area (Å²) in [5, 5.41) is 0.791. The van der Waals surface area contributed by atoms with E-state index in [-0.39, 0.29) is 36.6 Å². The van der Waals surface area contributed by atoms with E-state index in [0.29, 0.717) is 5.39 Å². The van der Waals surface area contributed by atoms with Gasteiger partial charge in [0.05, 0.1) is 40.4 Å². The Hall–Kier alpha value is -1.20. The van der Waals surface area contributed by atoms with E-state index in [0.717, 1.165) is 0 Å². The maximum Gasteiger partial charge on any atom is 0.339 e. The number of fused-ring (bicyclic) bond motifs is 1. The highest BCUT2D eigenvalue weighted by molar-refractivity contribution is 6.51. The fourth-order valence-corrected chi connectivity index (χ4v) is 3.11. The largest absolute Gasteiger partial charge is 0.465 e. The summed E-state index contributed by atoms with van der Waals surface area (Å²) in [6, 6.07) is 2.74. The summed E-state index contributed by atoms with van der Waals surface area (Å²) in [5.74, 6) is -1.34. The van der Waals surface area contributed by atoms with Crippen molar-refractivity contribution in [3.8, 4) is 0 Å². The minimum atomic E-state index is -0.668. The van der Waals surface area contributed by atoms with Gasteiger partial charge in [0.15, 0.2) is 0 Å². The second-order valence-electron chi connectivity index (χ2n) is 4.18. The Morgan fingerprint density at radius 3 is 1.82 bits per heavy atom. The van der Waals surface area contributed by atoms with Gasteiger partial charge in [0, 0.05) is 15.8 Å². The van der Waals surface area contributed by atoms with Crippen LogP contribution >= 0.6 is 46.4 Å². The Balaban J connectivity index is 2.92. The number of hydrogen-bond acceptors (Lipinski definition) is 4. The first-order chi connectivity index (χ1) is 10.3. The van der Waals surface area contributed by atoms with Crippen molar-refractivity contribution in [2.75, 3.05) is 14.2 Å². The molecule has 0 aliphatic carbocycles. The van der Waals surface area contributed by atoms with Crippen molar-refractivity contribution in [1.82, 2.24) is 0 Å². The van der Waals surface area contributed by atoms with Crippen molar-refractivity contribution in [1.29, 1.82) is 0 Å². The van der Waals surface area contributed by atoms with Crippen molar-refractivity contribution in [2.24, 2.45) is 0 Å². The summed E-state index contributed by atoms with van der Waals surface area (Å²) in [6.07, 6.45) is 0. The maximum absolute atomic E-state index is 11.7. The van der Waals surface area contributed by atoms with Gasteiger partial charge < -0.3 is 9.47 Å². The third kappa shape index (κ3) is 2.72. The van der Waals surface area contributed by atoms with Gasteiger partial charge in [-0.15, -0.1) is 0 Å². The maximum atomic E-state index is 11.7. The highest BCUT2D eigenvalue weighted by Crippen LogP contribution is 2.42. The molecule has 0 aliphatic rings. The van der Waals surface area contributed by atoms with Gasteiger partial charge in [0.25, 0.3) is 0 Å². The number of ether oxygens (including phenoxy) is 2. The minimum absolute atomic E-state index is 0.00257. The van der Waals surface area contributed by atoms with Crippen LogP contribution in [0.4, 0.5) is 0 Å². The lowest BCUT2D eigenvalue weighted by atomic mass is 10.0. The number of halogens is 4. The van der Waals surface area contributed by atoms with Crippen molar-refractivity contribution in [3.05, 3.63) is 43.4 Å². The third-order valence-corrected chi connectivity index (χ3v) is 4.57. The van der Waals surface area contributed by atoms with Crippen LogP contribution in [-0.2, 0) is 9.47 Å². The molecule has 0 saturated heterocycles. The summed E-state index contributed by atoms with van der Waals surface area (Å²) in [4.78, 5) is 23.5. The predicted octanol–water partition coefficient (Wildman–Crippen LogP) is 5.03. The van der Waals surface area contributed by atoms with E-state index in [1.165, 1.54) is 26.4 Å². The first-order valence-corrected chi connectivity index (χ1v) is 7.31. The van der Waals surface area contributed by atoms with Gasteiger partial charge in [0.2, 0.25) is 0 Å². The molecule has 0 saturated carbocycles. The smallest absolute Gasteiger partial charge is 0.339 e. The highest BCUT2D eigenvalue weighted by Gasteiger charge is 2.23. The van der Waals surface area contributed by atoms with Crippen molar-refractivity contribution < 1.29 is 19.1 Å². The van der Waals surface area contributed by atoms with Crippen LogP contribution in [0.3, 0.4) is 0 Å². The molecule has 0 aliphatic heterocycles. The molecule has 0 N–H and O–H groups in total. The summed E-state index contributed by atoms with van der Waals surface area (Å²) in [6.45, 7) is 0. The lowest BCUT2D eigenvalue weighted by molar-refractivity contribution is 0.0592. The first-order valence-electron chi connectivity index (χ1n) is 5.79. The average molecular weight is 382 g/mol. The van der Waals surface area contributed by atoms with Crippen molar-refractivity contribution in [3.63, 3.8) is 0 Å². The van der Waals surface area contributed by atoms with E-state index in [9.17, 15) is 9.59 Å². The molecule has 0 unspecified atom stereocenters. The van der Waals surface area contributed by atoms with Crippen LogP contribution in [0.25, 0.3) is 10.8 Å². The van der Waals surface area contributed by atoms with Crippen molar-refractivity contribution >= 4 is 69.1 Å². The van der Waals surface area contributed by atoms with E-state index in [2.05, 4.69) is 9.47 Å². The Morgan fingerprint density at radius 2 is 1.32 bits per heavy atom. The summed E-state index contributed by atoms with van der Waals surface area (Å²) < 4.78 is 9.28. The molecule has 0 fully saturated rings. The lowest BCUT2D eigenvalue weighted by Gasteiger charge is -2.13. The zero-order valence-corrected chi connectivity index (χ0v) is 14.3. The van der Waals surface area contributed by atoms with Crippen LogP contribution in [0.2, 0.25) is 20.1 Å². The molecule has 0 spiro atoms. The molecule has 116 valence electrons. The molecular formula is C14H8Cl4O4. The topological polar surface area (TPSA) is 52.6 Å². The second kappa shape index (κ2) is 6.50. The SMILES string of the molecule is COC(=O)c1cc2c(Cl)cc(C(=O)OC)c(Cl)c2c(Cl)c1Cl. The molecule has 0 amide bonds. The lowest BCUT2D eigenvalue weighted by Crippen LogP contribution is -2.05. The molecule has 0 bridgehead atoms. The van der Waals surface area contributed by atoms with E-state index in [4.69, 9.17) is 46.4 Å². The summed E-state index contributed by atoms with van der Waals surface area (Å²) in [7, 11) is 2.43. The van der Waals surface area contributed by atoms with Gasteiger partial charge in [-0.3, -0.25) is 0 Å². The number of hydrogen-bond donors (Lipinski definition) is 0. The van der Waals surface area contributed by atoms with Crippen LogP contribution in [0, 0.1) is 0 Å². The fourth-order valence-electron chi connectivity index (χ4n) is 1.95. The molecule has 4 nitrogen and oxygen atoms in total. The van der Waals surface area contributed by atoms with Gasteiger partial charge in [0.1, 0.15) is 0 Å². The van der Waals surface area contributed by atoms with Gasteiger partial charge in [-0.05, 0) is 12.1 Å². The monoisotopic (exact) mass is 380 g/mol. The van der Waals surface area contributed by atoms with Crippen LogP contribution in [0.5, 0.6) is 0 Å². The standard InChI is InChI=1S/C14H8Cl4O4/c1-21-13(19)6-3-5-8(15)4-7(14(20)22-2)10(16)9(5)12(18)11(6)17/h3-4H,1-2H3. The molecule has 0 atom stereocenters. The van der Waals surface area contributed by atoms with Crippen LogP contribution < -0.4 is 0 Å². The third-order valence-electron chi connectivity index (χ3n) is 3.00. The summed E-state index contributed by atoms with van der Waals surface area (Å²) in [5.41, 5.74) is 0.0934. The van der Waals surface area contributed by atoms with E-state index >= 15 is 0 Å². The van der Waals surface area contributed by atoms with Crippen molar-refractivity contribution in [2.45, 2.75) is 0 Å². The van der Waals surface area contributed by atoms with Gasteiger partial charge in [-0.2, -0.15) is 0 Å². The van der Waals surface area contributed by atoms with E-state index in [1.807, 2.05) is 0 Å². The van der Waals surface area contributed by atoms with Gasteiger partial charge >= 0.3 is 11.9 Å². The highest BCUT2D eigenvalue weighted by atomic mass is 35.5. The van der Waals surface area contributed by atoms with E-state index < -0.39 is 11.9 Å². The Kier molecular flexibility index (Phi) is 5.07. The number of carbonyl (C=O) groups is 2.